The predicted octanol–water partition coefficient (Wildman–Crippen LogP) is 2.21. The van der Waals surface area contributed by atoms with E-state index in [0.717, 1.165) is 44.8 Å². The van der Waals surface area contributed by atoms with E-state index in [-0.39, 0.29) is 18.9 Å². The Morgan fingerprint density at radius 1 is 0.909 bits per heavy atom. The Kier molecular flexibility index (Phi) is 9.02. The second kappa shape index (κ2) is 11.7. The third kappa shape index (κ3) is 7.64. The van der Waals surface area contributed by atoms with Crippen LogP contribution in [0.4, 0.5) is 0 Å². The fourth-order valence-electron chi connectivity index (χ4n) is 4.42. The highest BCUT2D eigenvalue weighted by molar-refractivity contribution is 7.89. The van der Waals surface area contributed by atoms with Gasteiger partial charge in [0.05, 0.1) is 4.90 Å². The molecule has 0 spiro atoms. The molecule has 3 rings (SSSR count). The maximum Gasteiger partial charge on any atom is 0.241 e. The van der Waals surface area contributed by atoms with Crippen LogP contribution in [0.25, 0.3) is 0 Å². The summed E-state index contributed by atoms with van der Waals surface area (Å²) in [6.45, 7) is 12.0. The summed E-state index contributed by atoms with van der Waals surface area (Å²) in [5.74, 6) is -0.141. The quantitative estimate of drug-likeness (QED) is 0.554. The van der Waals surface area contributed by atoms with Crippen LogP contribution in [0, 0.1) is 20.8 Å². The average molecular weight is 473 g/mol. The minimum Gasteiger partial charge on any atom is -0.355 e. The first-order chi connectivity index (χ1) is 15.7. The van der Waals surface area contributed by atoms with E-state index < -0.39 is 10.0 Å². The van der Waals surface area contributed by atoms with Gasteiger partial charge in [-0.3, -0.25) is 14.6 Å². The van der Waals surface area contributed by atoms with Crippen LogP contribution in [0.1, 0.15) is 28.7 Å². The highest BCUT2D eigenvalue weighted by atomic mass is 32.2. The highest BCUT2D eigenvalue weighted by Crippen LogP contribution is 2.21. The molecule has 1 aliphatic heterocycles. The second-order valence-electron chi connectivity index (χ2n) is 8.83. The fourth-order valence-corrected chi connectivity index (χ4v) is 5.90. The standard InChI is InChI=1S/C25H36N4O3S/c1-20-17-21(2)25(22(3)18-20)33(31,32)27-10-9-24(30)26-11-12-28-13-15-29(16-14-28)19-23-7-5-4-6-8-23/h4-8,17-18,27H,9-16,19H2,1-3H3,(H,26,30). The number of sulfonamides is 1. The van der Waals surface area contributed by atoms with E-state index in [9.17, 15) is 13.2 Å². The summed E-state index contributed by atoms with van der Waals surface area (Å²) in [5, 5.41) is 2.91. The Morgan fingerprint density at radius 3 is 2.15 bits per heavy atom. The number of nitrogens with zero attached hydrogens (tertiary/aromatic N) is 2. The molecule has 2 aromatic carbocycles. The number of rotatable bonds is 10. The molecule has 0 aliphatic carbocycles. The van der Waals surface area contributed by atoms with E-state index in [2.05, 4.69) is 44.1 Å². The fraction of sp³-hybridized carbons (Fsp3) is 0.480. The SMILES string of the molecule is Cc1cc(C)c(S(=O)(=O)NCCC(=O)NCCN2CCN(Cc3ccccc3)CC2)c(C)c1. The van der Waals surface area contributed by atoms with E-state index in [0.29, 0.717) is 22.6 Å². The van der Waals surface area contributed by atoms with Crippen molar-refractivity contribution >= 4 is 15.9 Å². The molecule has 0 saturated carbocycles. The number of benzene rings is 2. The molecule has 2 aromatic rings. The van der Waals surface area contributed by atoms with Crippen LogP contribution in [0.5, 0.6) is 0 Å². The van der Waals surface area contributed by atoms with Gasteiger partial charge in [0, 0.05) is 58.8 Å². The van der Waals surface area contributed by atoms with Crippen molar-refractivity contribution in [1.29, 1.82) is 0 Å². The van der Waals surface area contributed by atoms with Gasteiger partial charge in [0.1, 0.15) is 0 Å². The summed E-state index contributed by atoms with van der Waals surface area (Å²) >= 11 is 0. The minimum absolute atomic E-state index is 0.0824. The third-order valence-corrected chi connectivity index (χ3v) is 7.75. The second-order valence-corrected chi connectivity index (χ2v) is 10.5. The number of amides is 1. The van der Waals surface area contributed by atoms with Crippen LogP contribution in [0.15, 0.2) is 47.4 Å². The van der Waals surface area contributed by atoms with Gasteiger partial charge >= 0.3 is 0 Å². The number of piperazine rings is 1. The van der Waals surface area contributed by atoms with E-state index in [4.69, 9.17) is 0 Å². The summed E-state index contributed by atoms with van der Waals surface area (Å²) < 4.78 is 27.9. The lowest BCUT2D eigenvalue weighted by molar-refractivity contribution is -0.121. The topological polar surface area (TPSA) is 81.7 Å². The van der Waals surface area contributed by atoms with Gasteiger partial charge in [0.25, 0.3) is 0 Å². The summed E-state index contributed by atoms with van der Waals surface area (Å²) in [7, 11) is -3.64. The lowest BCUT2D eigenvalue weighted by Crippen LogP contribution is -2.48. The lowest BCUT2D eigenvalue weighted by atomic mass is 10.1. The molecule has 8 heteroatoms. The number of nitrogens with one attached hydrogen (secondary N) is 2. The number of carbonyl (C=O) groups excluding carboxylic acids is 1. The van der Waals surface area contributed by atoms with E-state index >= 15 is 0 Å². The first kappa shape index (κ1) is 25.4. The Hall–Kier alpha value is -2.26. The van der Waals surface area contributed by atoms with Crippen LogP contribution >= 0.6 is 0 Å². The van der Waals surface area contributed by atoms with Crippen LogP contribution in [-0.2, 0) is 21.4 Å². The summed E-state index contributed by atoms with van der Waals surface area (Å²) in [6.07, 6.45) is 0.119. The number of carbonyl (C=O) groups is 1. The Labute approximate surface area is 198 Å². The monoisotopic (exact) mass is 472 g/mol. The zero-order chi connectivity index (χ0) is 23.8. The van der Waals surface area contributed by atoms with Gasteiger partial charge in [-0.15, -0.1) is 0 Å². The zero-order valence-electron chi connectivity index (χ0n) is 19.9. The number of hydrogen-bond donors (Lipinski definition) is 2. The van der Waals surface area contributed by atoms with Crippen molar-refractivity contribution in [3.63, 3.8) is 0 Å². The molecule has 180 valence electrons. The van der Waals surface area contributed by atoms with Gasteiger partial charge in [-0.1, -0.05) is 48.0 Å². The van der Waals surface area contributed by atoms with Crippen molar-refractivity contribution in [2.75, 3.05) is 45.8 Å². The molecule has 33 heavy (non-hydrogen) atoms. The van der Waals surface area contributed by atoms with Crippen molar-refractivity contribution < 1.29 is 13.2 Å². The van der Waals surface area contributed by atoms with Crippen molar-refractivity contribution in [2.45, 2.75) is 38.6 Å². The predicted molar refractivity (Wildman–Crippen MR) is 132 cm³/mol. The van der Waals surface area contributed by atoms with Crippen LogP contribution in [-0.4, -0.2) is 69.9 Å². The number of hydrogen-bond acceptors (Lipinski definition) is 5. The van der Waals surface area contributed by atoms with Crippen molar-refractivity contribution in [3.05, 3.63) is 64.7 Å². The molecular formula is C25H36N4O3S. The summed E-state index contributed by atoms with van der Waals surface area (Å²) in [6, 6.07) is 14.2. The summed E-state index contributed by atoms with van der Waals surface area (Å²) in [4.78, 5) is 17.3. The lowest BCUT2D eigenvalue weighted by Gasteiger charge is -2.34. The molecule has 1 aliphatic rings. The Balaban J connectivity index is 1.33. The normalized spacial score (nSPS) is 15.5. The van der Waals surface area contributed by atoms with Gasteiger partial charge in [-0.2, -0.15) is 0 Å². The highest BCUT2D eigenvalue weighted by Gasteiger charge is 2.20. The maximum atomic E-state index is 12.7. The number of aryl methyl sites for hydroxylation is 3. The average Bonchev–Trinajstić information content (AvgIpc) is 2.74. The van der Waals surface area contributed by atoms with Crippen LogP contribution in [0.2, 0.25) is 0 Å². The molecule has 0 aromatic heterocycles. The molecule has 2 N–H and O–H groups in total. The third-order valence-electron chi connectivity index (χ3n) is 5.98. The van der Waals surface area contributed by atoms with E-state index in [1.807, 2.05) is 25.1 Å². The largest absolute Gasteiger partial charge is 0.355 e. The van der Waals surface area contributed by atoms with Gasteiger partial charge in [0.15, 0.2) is 0 Å². The zero-order valence-corrected chi connectivity index (χ0v) is 20.7. The van der Waals surface area contributed by atoms with Crippen molar-refractivity contribution in [2.24, 2.45) is 0 Å². The molecule has 0 bridgehead atoms. The van der Waals surface area contributed by atoms with Gasteiger partial charge in [-0.25, -0.2) is 13.1 Å². The van der Waals surface area contributed by atoms with Gasteiger partial charge < -0.3 is 5.32 Å². The maximum absolute atomic E-state index is 12.7. The van der Waals surface area contributed by atoms with Gasteiger partial charge in [0.2, 0.25) is 15.9 Å². The molecule has 0 atom stereocenters. The van der Waals surface area contributed by atoms with Crippen LogP contribution in [0.3, 0.4) is 0 Å². The van der Waals surface area contributed by atoms with Crippen molar-refractivity contribution in [3.8, 4) is 0 Å². The molecule has 1 saturated heterocycles. The first-order valence-electron chi connectivity index (χ1n) is 11.6. The molecule has 1 fully saturated rings. The molecule has 0 unspecified atom stereocenters. The summed E-state index contributed by atoms with van der Waals surface area (Å²) in [5.41, 5.74) is 3.80. The molecule has 1 amide bonds. The van der Waals surface area contributed by atoms with Crippen molar-refractivity contribution in [1.82, 2.24) is 19.8 Å². The minimum atomic E-state index is -3.64. The van der Waals surface area contributed by atoms with Gasteiger partial charge in [-0.05, 0) is 37.5 Å². The molecule has 1 heterocycles. The Bertz CT molecular complexity index is 1010. The smallest absolute Gasteiger partial charge is 0.241 e. The van der Waals surface area contributed by atoms with E-state index in [1.165, 1.54) is 5.56 Å². The Morgan fingerprint density at radius 2 is 1.52 bits per heavy atom. The van der Waals surface area contributed by atoms with Crippen LogP contribution < -0.4 is 10.0 Å². The molecular weight excluding hydrogens is 436 g/mol. The molecule has 0 radical (unpaired) electrons. The van der Waals surface area contributed by atoms with E-state index in [1.54, 1.807) is 13.8 Å². The molecule has 7 nitrogen and oxygen atoms in total. The first-order valence-corrected chi connectivity index (χ1v) is 13.1.